The minimum atomic E-state index is -0.654. The molecule has 0 saturated carbocycles. The predicted molar refractivity (Wildman–Crippen MR) is 173 cm³/mol. The number of hydrogen-bond donors (Lipinski definition) is 0. The second-order valence-electron chi connectivity index (χ2n) is 11.1. The van der Waals surface area contributed by atoms with Crippen molar-refractivity contribution >= 4 is 28.5 Å². The fourth-order valence-electron chi connectivity index (χ4n) is 6.71. The van der Waals surface area contributed by atoms with E-state index in [0.29, 0.717) is 6.61 Å². The van der Waals surface area contributed by atoms with Gasteiger partial charge in [0, 0.05) is 71.5 Å². The number of hydrogen-bond acceptors (Lipinski definition) is 4. The molecule has 5 rings (SSSR count). The van der Waals surface area contributed by atoms with Gasteiger partial charge in [-0.3, -0.25) is 9.98 Å². The Labute approximate surface area is 246 Å². The number of aliphatic imine (C=N–C) groups is 1. The standard InChI is InChI=1S/C36H46N4O/c1-6-10-11-12-13-16-24-40-27(5)34(29-18-14-15-20-32(29)40)36(26-38-31-19-17-23-37-35(31)36)30-22-21-28(39(7-2)8-3)25-33(30)41-9-4/h14-15,17-23,25-26H,6-13,16,24H2,1-5H3. The summed E-state index contributed by atoms with van der Waals surface area (Å²) in [6.45, 7) is 14.5. The first kappa shape index (κ1) is 28.9. The summed E-state index contributed by atoms with van der Waals surface area (Å²) in [5, 5.41) is 1.26. The first-order chi connectivity index (χ1) is 20.1. The SMILES string of the molecule is CCCCCCCCn1c(C)c(C2(c3ccc(N(CC)CC)cc3OCC)C=Nc3cccnc32)c2ccccc21. The average Bonchev–Trinajstić information content (AvgIpc) is 3.51. The average molecular weight is 551 g/mol. The van der Waals surface area contributed by atoms with Gasteiger partial charge in [-0.25, -0.2) is 0 Å². The zero-order chi connectivity index (χ0) is 28.8. The van der Waals surface area contributed by atoms with E-state index in [2.05, 4.69) is 98.8 Å². The van der Waals surface area contributed by atoms with Gasteiger partial charge in [0.25, 0.3) is 0 Å². The number of pyridine rings is 1. The van der Waals surface area contributed by atoms with E-state index >= 15 is 0 Å². The molecule has 0 amide bonds. The lowest BCUT2D eigenvalue weighted by Crippen LogP contribution is -2.32. The minimum absolute atomic E-state index is 0.593. The summed E-state index contributed by atoms with van der Waals surface area (Å²) in [5.74, 6) is 0.897. The number of nitrogens with zero attached hydrogens (tertiary/aromatic N) is 4. The lowest BCUT2D eigenvalue weighted by atomic mass is 9.71. The zero-order valence-electron chi connectivity index (χ0n) is 25.6. The number of anilines is 1. The Morgan fingerprint density at radius 2 is 1.66 bits per heavy atom. The van der Waals surface area contributed by atoms with Crippen LogP contribution in [0.5, 0.6) is 5.75 Å². The molecule has 0 fully saturated rings. The van der Waals surface area contributed by atoms with E-state index in [4.69, 9.17) is 14.7 Å². The molecule has 0 bridgehead atoms. The molecular weight excluding hydrogens is 504 g/mol. The smallest absolute Gasteiger partial charge is 0.126 e. The largest absolute Gasteiger partial charge is 0.493 e. The molecule has 1 aliphatic heterocycles. The van der Waals surface area contributed by atoms with Gasteiger partial charge in [0.2, 0.25) is 0 Å². The van der Waals surface area contributed by atoms with Crippen LogP contribution < -0.4 is 9.64 Å². The lowest BCUT2D eigenvalue weighted by molar-refractivity contribution is 0.335. The number of para-hydroxylation sites is 1. The van der Waals surface area contributed by atoms with Gasteiger partial charge in [0.05, 0.1) is 18.0 Å². The van der Waals surface area contributed by atoms with Gasteiger partial charge in [-0.2, -0.15) is 0 Å². The Kier molecular flexibility index (Phi) is 9.12. The predicted octanol–water partition coefficient (Wildman–Crippen LogP) is 9.00. The molecule has 41 heavy (non-hydrogen) atoms. The Hall–Kier alpha value is -3.60. The van der Waals surface area contributed by atoms with E-state index in [1.807, 2.05) is 12.3 Å². The van der Waals surface area contributed by atoms with Crippen molar-refractivity contribution in [1.82, 2.24) is 9.55 Å². The third-order valence-corrected chi connectivity index (χ3v) is 8.74. The maximum absolute atomic E-state index is 6.44. The molecule has 3 heterocycles. The fraction of sp³-hybridized carbons (Fsp3) is 0.444. The van der Waals surface area contributed by atoms with Crippen LogP contribution in [0.25, 0.3) is 10.9 Å². The molecule has 0 N–H and O–H groups in total. The van der Waals surface area contributed by atoms with Gasteiger partial charge in [0.15, 0.2) is 0 Å². The molecule has 2 aromatic carbocycles. The molecule has 1 unspecified atom stereocenters. The number of fused-ring (bicyclic) bond motifs is 2. The van der Waals surface area contributed by atoms with E-state index in [9.17, 15) is 0 Å². The third kappa shape index (κ3) is 5.27. The van der Waals surface area contributed by atoms with E-state index in [1.54, 1.807) is 0 Å². The molecule has 2 aromatic heterocycles. The Bertz CT molecular complexity index is 1500. The number of unbranched alkanes of at least 4 members (excludes halogenated alkanes) is 5. The maximum atomic E-state index is 6.44. The Morgan fingerprint density at radius 1 is 0.878 bits per heavy atom. The number of benzene rings is 2. The highest BCUT2D eigenvalue weighted by molar-refractivity contribution is 6.00. The van der Waals surface area contributed by atoms with Gasteiger partial charge in [-0.15, -0.1) is 0 Å². The topological polar surface area (TPSA) is 42.6 Å². The summed E-state index contributed by atoms with van der Waals surface area (Å²) in [6.07, 6.45) is 11.7. The lowest BCUT2D eigenvalue weighted by Gasteiger charge is -2.32. The number of ether oxygens (including phenoxy) is 1. The van der Waals surface area contributed by atoms with Gasteiger partial charge >= 0.3 is 0 Å². The van der Waals surface area contributed by atoms with Crippen LogP contribution in [0.2, 0.25) is 0 Å². The van der Waals surface area contributed by atoms with Crippen LogP contribution in [-0.2, 0) is 12.0 Å². The number of rotatable bonds is 14. The van der Waals surface area contributed by atoms with Gasteiger partial charge in [-0.05, 0) is 58.4 Å². The van der Waals surface area contributed by atoms with Crippen molar-refractivity contribution in [3.8, 4) is 5.75 Å². The highest BCUT2D eigenvalue weighted by Crippen LogP contribution is 2.52. The molecule has 0 saturated heterocycles. The molecule has 216 valence electrons. The highest BCUT2D eigenvalue weighted by atomic mass is 16.5. The van der Waals surface area contributed by atoms with Crippen molar-refractivity contribution in [3.05, 3.63) is 83.3 Å². The monoisotopic (exact) mass is 550 g/mol. The van der Waals surface area contributed by atoms with Crippen molar-refractivity contribution in [1.29, 1.82) is 0 Å². The first-order valence-corrected chi connectivity index (χ1v) is 15.7. The molecule has 0 aliphatic carbocycles. The minimum Gasteiger partial charge on any atom is -0.493 e. The van der Waals surface area contributed by atoms with E-state index < -0.39 is 5.41 Å². The van der Waals surface area contributed by atoms with Crippen LogP contribution in [0.4, 0.5) is 11.4 Å². The molecule has 0 spiro atoms. The summed E-state index contributed by atoms with van der Waals surface area (Å²) in [5.41, 5.74) is 7.34. The summed E-state index contributed by atoms with van der Waals surface area (Å²) in [7, 11) is 0. The van der Waals surface area contributed by atoms with Crippen molar-refractivity contribution in [3.63, 3.8) is 0 Å². The second-order valence-corrected chi connectivity index (χ2v) is 11.1. The number of aromatic nitrogens is 2. The van der Waals surface area contributed by atoms with Gasteiger partial charge in [0.1, 0.15) is 11.2 Å². The second kappa shape index (κ2) is 12.9. The van der Waals surface area contributed by atoms with Crippen LogP contribution in [0.3, 0.4) is 0 Å². The van der Waals surface area contributed by atoms with E-state index in [-0.39, 0.29) is 0 Å². The van der Waals surface area contributed by atoms with E-state index in [0.717, 1.165) is 42.3 Å². The Morgan fingerprint density at radius 3 is 2.44 bits per heavy atom. The van der Waals surface area contributed by atoms with Crippen LogP contribution in [0, 0.1) is 6.92 Å². The van der Waals surface area contributed by atoms with Gasteiger partial charge < -0.3 is 14.2 Å². The summed E-state index contributed by atoms with van der Waals surface area (Å²) in [4.78, 5) is 12.4. The normalized spacial score (nSPS) is 15.9. The molecule has 1 aliphatic rings. The third-order valence-electron chi connectivity index (χ3n) is 8.74. The molecule has 1 atom stereocenters. The van der Waals surface area contributed by atoms with Crippen molar-refractivity contribution in [2.24, 2.45) is 4.99 Å². The van der Waals surface area contributed by atoms with Crippen LogP contribution >= 0.6 is 0 Å². The van der Waals surface area contributed by atoms with Crippen molar-refractivity contribution < 1.29 is 4.74 Å². The molecule has 0 radical (unpaired) electrons. The van der Waals surface area contributed by atoms with Crippen molar-refractivity contribution in [2.75, 3.05) is 24.6 Å². The van der Waals surface area contributed by atoms with Crippen LogP contribution in [-0.4, -0.2) is 35.5 Å². The van der Waals surface area contributed by atoms with E-state index in [1.165, 1.54) is 66.4 Å². The van der Waals surface area contributed by atoms with Crippen LogP contribution in [0.15, 0.2) is 65.8 Å². The fourth-order valence-corrected chi connectivity index (χ4v) is 6.71. The first-order valence-electron chi connectivity index (χ1n) is 15.7. The highest BCUT2D eigenvalue weighted by Gasteiger charge is 2.46. The molecule has 4 aromatic rings. The summed E-state index contributed by atoms with van der Waals surface area (Å²) >= 11 is 0. The Balaban J connectivity index is 1.71. The summed E-state index contributed by atoms with van der Waals surface area (Å²) in [6, 6.07) is 19.6. The quantitative estimate of drug-likeness (QED) is 0.147. The summed E-state index contributed by atoms with van der Waals surface area (Å²) < 4.78 is 8.97. The molecule has 5 heteroatoms. The van der Waals surface area contributed by atoms with Crippen molar-refractivity contribution in [2.45, 2.75) is 85.1 Å². The van der Waals surface area contributed by atoms with Crippen LogP contribution in [0.1, 0.15) is 88.7 Å². The zero-order valence-corrected chi connectivity index (χ0v) is 25.6. The van der Waals surface area contributed by atoms with Gasteiger partial charge in [-0.1, -0.05) is 63.3 Å². The maximum Gasteiger partial charge on any atom is 0.126 e. The molecular formula is C36H46N4O. The molecule has 5 nitrogen and oxygen atoms in total. The number of aryl methyl sites for hydroxylation is 1.